The number of hydrogen-bond donors (Lipinski definition) is 1. The molecule has 0 unspecified atom stereocenters. The van der Waals surface area contributed by atoms with Crippen LogP contribution in [0.1, 0.15) is 31.6 Å². The molecule has 0 atom stereocenters. The first-order valence-electron chi connectivity index (χ1n) is 8.52. The molecule has 2 heterocycles. The summed E-state index contributed by atoms with van der Waals surface area (Å²) in [5.74, 6) is 0.471. The molecular weight excluding hydrogens is 314 g/mol. The fourth-order valence-corrected chi connectivity index (χ4v) is 3.16. The van der Waals surface area contributed by atoms with Crippen LogP contribution in [0.15, 0.2) is 51.7 Å². The highest BCUT2D eigenvalue weighted by Gasteiger charge is 2.18. The van der Waals surface area contributed by atoms with Gasteiger partial charge in [0.2, 0.25) is 0 Å². The van der Waals surface area contributed by atoms with Crippen LogP contribution in [0.3, 0.4) is 0 Å². The van der Waals surface area contributed by atoms with E-state index >= 15 is 0 Å². The van der Waals surface area contributed by atoms with Gasteiger partial charge in [0, 0.05) is 30.3 Å². The van der Waals surface area contributed by atoms with Crippen LogP contribution < -0.4 is 5.43 Å². The van der Waals surface area contributed by atoms with E-state index < -0.39 is 0 Å². The van der Waals surface area contributed by atoms with Crippen molar-refractivity contribution < 1.29 is 9.52 Å². The molecule has 0 saturated carbocycles. The zero-order valence-electron chi connectivity index (χ0n) is 14.9. The van der Waals surface area contributed by atoms with Crippen LogP contribution in [0.2, 0.25) is 0 Å². The molecule has 1 aromatic carbocycles. The smallest absolute Gasteiger partial charge is 0.197 e. The van der Waals surface area contributed by atoms with Gasteiger partial charge < -0.3 is 14.4 Å². The molecule has 3 rings (SSSR count). The number of aromatic hydroxyl groups is 1. The predicted octanol–water partition coefficient (Wildman–Crippen LogP) is 4.20. The topological polar surface area (TPSA) is 53.7 Å². The molecule has 4 nitrogen and oxygen atoms in total. The van der Waals surface area contributed by atoms with E-state index in [-0.39, 0.29) is 16.6 Å². The maximum Gasteiger partial charge on any atom is 0.197 e. The lowest BCUT2D eigenvalue weighted by Crippen LogP contribution is -2.23. The normalized spacial score (nSPS) is 16.6. The molecule has 0 radical (unpaired) electrons. The van der Waals surface area contributed by atoms with E-state index in [2.05, 4.69) is 18.0 Å². The Morgan fingerprint density at radius 1 is 1.32 bits per heavy atom. The van der Waals surface area contributed by atoms with Crippen molar-refractivity contribution in [2.75, 3.05) is 20.1 Å². The van der Waals surface area contributed by atoms with Crippen molar-refractivity contribution in [3.05, 3.63) is 64.1 Å². The van der Waals surface area contributed by atoms with Gasteiger partial charge in [-0.1, -0.05) is 24.3 Å². The number of rotatable bonds is 3. The van der Waals surface area contributed by atoms with Crippen molar-refractivity contribution in [2.24, 2.45) is 0 Å². The minimum atomic E-state index is -0.229. The van der Waals surface area contributed by atoms with E-state index in [4.69, 9.17) is 4.42 Å². The van der Waals surface area contributed by atoms with E-state index in [1.165, 1.54) is 6.07 Å². The quantitative estimate of drug-likeness (QED) is 0.853. The van der Waals surface area contributed by atoms with E-state index in [1.54, 1.807) is 6.07 Å². The minimum absolute atomic E-state index is 0.0411. The van der Waals surface area contributed by atoms with Gasteiger partial charge in [-0.05, 0) is 45.0 Å². The van der Waals surface area contributed by atoms with Gasteiger partial charge in [0.25, 0.3) is 0 Å². The van der Waals surface area contributed by atoms with Crippen LogP contribution in [-0.2, 0) is 0 Å². The minimum Gasteiger partial charge on any atom is -0.507 e. The lowest BCUT2D eigenvalue weighted by Gasteiger charge is -2.22. The van der Waals surface area contributed by atoms with Crippen LogP contribution in [0.5, 0.6) is 5.75 Å². The summed E-state index contributed by atoms with van der Waals surface area (Å²) < 4.78 is 6.11. The van der Waals surface area contributed by atoms with E-state index in [0.29, 0.717) is 11.3 Å². The number of likely N-dealkylation sites (N-methyl/N-ethyl adjacent to an activating group) is 1. The summed E-state index contributed by atoms with van der Waals surface area (Å²) in [5, 5.41) is 10.4. The Labute approximate surface area is 147 Å². The van der Waals surface area contributed by atoms with E-state index in [9.17, 15) is 9.90 Å². The third kappa shape index (κ3) is 3.30. The fourth-order valence-electron chi connectivity index (χ4n) is 3.16. The second kappa shape index (κ2) is 7.11. The molecule has 1 N–H and O–H groups in total. The molecular formula is C21H23NO3. The summed E-state index contributed by atoms with van der Waals surface area (Å²) in [5.41, 5.74) is 3.11. The number of hydrogen-bond acceptors (Lipinski definition) is 4. The molecule has 0 amide bonds. The highest BCUT2D eigenvalue weighted by Crippen LogP contribution is 2.33. The van der Waals surface area contributed by atoms with Gasteiger partial charge in [0.05, 0.1) is 0 Å². The van der Waals surface area contributed by atoms with Crippen LogP contribution in [0, 0.1) is 0 Å². The van der Waals surface area contributed by atoms with Crippen molar-refractivity contribution in [1.29, 1.82) is 0 Å². The number of nitrogens with zero attached hydrogens (tertiary/aromatic N) is 1. The van der Waals surface area contributed by atoms with Crippen molar-refractivity contribution in [2.45, 2.75) is 20.3 Å². The van der Waals surface area contributed by atoms with Crippen LogP contribution in [0.4, 0.5) is 0 Å². The number of benzene rings is 1. The van der Waals surface area contributed by atoms with Gasteiger partial charge in [0.15, 0.2) is 5.43 Å². The maximum atomic E-state index is 12.6. The molecule has 0 saturated heterocycles. The zero-order valence-corrected chi connectivity index (χ0v) is 14.9. The van der Waals surface area contributed by atoms with E-state index in [1.807, 2.05) is 38.1 Å². The molecule has 4 heteroatoms. The Hall–Kier alpha value is -2.59. The molecule has 1 aliphatic rings. The van der Waals surface area contributed by atoms with Gasteiger partial charge in [-0.2, -0.15) is 0 Å². The second-order valence-corrected chi connectivity index (χ2v) is 6.30. The number of fused-ring (bicyclic) bond motifs is 1. The number of phenolic OH excluding ortho intramolecular Hbond substituents is 1. The van der Waals surface area contributed by atoms with Gasteiger partial charge in [-0.3, -0.25) is 4.79 Å². The molecule has 0 aliphatic carbocycles. The second-order valence-electron chi connectivity index (χ2n) is 6.30. The van der Waals surface area contributed by atoms with Gasteiger partial charge in [-0.15, -0.1) is 0 Å². The molecule has 0 spiro atoms. The Morgan fingerprint density at radius 3 is 2.76 bits per heavy atom. The largest absolute Gasteiger partial charge is 0.507 e. The highest BCUT2D eigenvalue weighted by atomic mass is 16.3. The SMILES string of the molecule is C/C=C\C(=C/C)c1cc(=O)c2c(O)ccc(C3=CCN(C)CC3)c2o1. The molecule has 0 bridgehead atoms. The fraction of sp³-hybridized carbons (Fsp3) is 0.286. The molecule has 25 heavy (non-hydrogen) atoms. The first-order valence-corrected chi connectivity index (χ1v) is 8.52. The standard InChI is InChI=1S/C21H23NO3/c1-4-6-14(5-2)19-13-18(24)20-17(23)8-7-16(21(20)25-19)15-9-11-22(3)12-10-15/h4-9,13,23H,10-12H2,1-3H3/b6-4-,14-5+. The summed E-state index contributed by atoms with van der Waals surface area (Å²) in [6, 6.07) is 4.87. The summed E-state index contributed by atoms with van der Waals surface area (Å²) in [7, 11) is 2.08. The Kier molecular flexibility index (Phi) is 4.91. The van der Waals surface area contributed by atoms with Crippen molar-refractivity contribution in [3.63, 3.8) is 0 Å². The average molecular weight is 337 g/mol. The van der Waals surface area contributed by atoms with Gasteiger partial charge >= 0.3 is 0 Å². The Balaban J connectivity index is 2.27. The summed E-state index contributed by atoms with van der Waals surface area (Å²) in [6.07, 6.45) is 8.76. The third-order valence-corrected chi connectivity index (χ3v) is 4.56. The molecule has 130 valence electrons. The average Bonchev–Trinajstić information content (AvgIpc) is 2.60. The maximum absolute atomic E-state index is 12.6. The van der Waals surface area contributed by atoms with Crippen LogP contribution >= 0.6 is 0 Å². The molecule has 0 fully saturated rings. The van der Waals surface area contributed by atoms with Crippen molar-refractivity contribution >= 4 is 22.1 Å². The first-order chi connectivity index (χ1) is 12.0. The molecule has 1 aromatic heterocycles. The third-order valence-electron chi connectivity index (χ3n) is 4.56. The lowest BCUT2D eigenvalue weighted by atomic mass is 9.97. The Bertz CT molecular complexity index is 948. The van der Waals surface area contributed by atoms with Gasteiger partial charge in [0.1, 0.15) is 22.5 Å². The van der Waals surface area contributed by atoms with Crippen LogP contribution in [0.25, 0.3) is 22.1 Å². The zero-order chi connectivity index (χ0) is 18.0. The van der Waals surface area contributed by atoms with Crippen LogP contribution in [-0.4, -0.2) is 30.1 Å². The Morgan fingerprint density at radius 2 is 2.12 bits per heavy atom. The van der Waals surface area contributed by atoms with Crippen molar-refractivity contribution in [1.82, 2.24) is 4.90 Å². The molecule has 2 aromatic rings. The van der Waals surface area contributed by atoms with Gasteiger partial charge in [-0.25, -0.2) is 0 Å². The monoisotopic (exact) mass is 337 g/mol. The lowest BCUT2D eigenvalue weighted by molar-refractivity contribution is 0.370. The molecule has 1 aliphatic heterocycles. The summed E-state index contributed by atoms with van der Waals surface area (Å²) in [4.78, 5) is 14.9. The number of allylic oxidation sites excluding steroid dienone is 4. The van der Waals surface area contributed by atoms with Crippen molar-refractivity contribution in [3.8, 4) is 5.75 Å². The summed E-state index contributed by atoms with van der Waals surface area (Å²) in [6.45, 7) is 5.64. The number of phenols is 1. The first kappa shape index (κ1) is 17.2. The van der Waals surface area contributed by atoms with E-state index in [0.717, 1.165) is 36.2 Å². The highest BCUT2D eigenvalue weighted by molar-refractivity contribution is 5.94. The summed E-state index contributed by atoms with van der Waals surface area (Å²) >= 11 is 0. The predicted molar refractivity (Wildman–Crippen MR) is 103 cm³/mol.